The Morgan fingerprint density at radius 1 is 1.13 bits per heavy atom. The summed E-state index contributed by atoms with van der Waals surface area (Å²) >= 11 is 6.60. The average molecular weight is 541 g/mol. The van der Waals surface area contributed by atoms with Crippen molar-refractivity contribution in [2.75, 3.05) is 56.2 Å². The fourth-order valence-corrected chi connectivity index (χ4v) is 4.93. The summed E-state index contributed by atoms with van der Waals surface area (Å²) in [5, 5.41) is 0.604. The molecule has 2 aromatic heterocycles. The van der Waals surface area contributed by atoms with E-state index in [-0.39, 0.29) is 12.1 Å². The molecule has 1 amide bonds. The predicted octanol–water partition coefficient (Wildman–Crippen LogP) is 4.75. The van der Waals surface area contributed by atoms with Gasteiger partial charge in [-0.15, -0.1) is 0 Å². The van der Waals surface area contributed by atoms with Crippen LogP contribution in [0.5, 0.6) is 11.6 Å². The highest BCUT2D eigenvalue weighted by atomic mass is 35.5. The molecule has 0 spiro atoms. The van der Waals surface area contributed by atoms with E-state index in [0.29, 0.717) is 54.0 Å². The van der Waals surface area contributed by atoms with Gasteiger partial charge in [0.25, 0.3) is 0 Å². The third-order valence-electron chi connectivity index (χ3n) is 6.64. The largest absolute Gasteiger partial charge is 0.444 e. The van der Waals surface area contributed by atoms with Gasteiger partial charge in [-0.1, -0.05) is 11.6 Å². The van der Waals surface area contributed by atoms with Crippen LogP contribution >= 0.6 is 11.6 Å². The Morgan fingerprint density at radius 2 is 1.92 bits per heavy atom. The topological polar surface area (TPSA) is 93.1 Å². The summed E-state index contributed by atoms with van der Waals surface area (Å²) in [5.74, 6) is 1.66. The molecule has 0 N–H and O–H groups in total. The van der Waals surface area contributed by atoms with Gasteiger partial charge in [0.15, 0.2) is 5.52 Å². The number of carbonyl (C=O) groups is 1. The Hall–Kier alpha value is -3.37. The quantitative estimate of drug-likeness (QED) is 0.454. The van der Waals surface area contributed by atoms with Crippen molar-refractivity contribution in [1.82, 2.24) is 19.9 Å². The lowest BCUT2D eigenvalue weighted by atomic mass is 10.2. The summed E-state index contributed by atoms with van der Waals surface area (Å²) in [6, 6.07) is 9.55. The minimum absolute atomic E-state index is 0.105. The number of anilines is 2. The number of likely N-dealkylation sites (N-methyl/N-ethyl adjacent to an activating group) is 1. The van der Waals surface area contributed by atoms with Crippen molar-refractivity contribution in [2.45, 2.75) is 38.8 Å². The number of carbonyl (C=O) groups excluding carboxylic acids is 1. The molecule has 5 rings (SSSR count). The van der Waals surface area contributed by atoms with Crippen LogP contribution in [-0.4, -0.2) is 84.0 Å². The number of hydrogen-bond donors (Lipinski definition) is 0. The van der Waals surface area contributed by atoms with Crippen LogP contribution < -0.4 is 14.5 Å². The van der Waals surface area contributed by atoms with Crippen LogP contribution in [0.2, 0.25) is 5.02 Å². The van der Waals surface area contributed by atoms with E-state index in [9.17, 15) is 4.79 Å². The van der Waals surface area contributed by atoms with Crippen LogP contribution in [0.1, 0.15) is 27.2 Å². The van der Waals surface area contributed by atoms with Crippen LogP contribution in [0, 0.1) is 0 Å². The standard InChI is InChI=1S/C27H33ClN6O4/c1-27(2,3)38-26(35)34-10-9-18(16-34)32(4)23-8-6-21-24(31-23)25(30-17-29-21)37-19-5-7-22(20(28)15-19)33-11-13-36-14-12-33/h5-8,15,17-18H,9-14,16H2,1-4H3/t18-/m0/s1. The Labute approximate surface area is 227 Å². The summed E-state index contributed by atoms with van der Waals surface area (Å²) in [6.07, 6.45) is 1.99. The summed E-state index contributed by atoms with van der Waals surface area (Å²) < 4.78 is 17.1. The number of hydrogen-bond acceptors (Lipinski definition) is 9. The molecular weight excluding hydrogens is 508 g/mol. The van der Waals surface area contributed by atoms with Gasteiger partial charge in [0.1, 0.15) is 23.5 Å². The highest BCUT2D eigenvalue weighted by molar-refractivity contribution is 6.33. The number of aromatic nitrogens is 3. The summed E-state index contributed by atoms with van der Waals surface area (Å²) in [4.78, 5) is 32.1. The van der Waals surface area contributed by atoms with E-state index in [2.05, 4.69) is 19.8 Å². The Balaban J connectivity index is 1.33. The zero-order valence-electron chi connectivity index (χ0n) is 22.2. The number of rotatable bonds is 5. The molecule has 3 aromatic rings. The number of amides is 1. The second-order valence-corrected chi connectivity index (χ2v) is 10.9. The second-order valence-electron chi connectivity index (χ2n) is 10.5. The van der Waals surface area contributed by atoms with Crippen LogP contribution in [0.15, 0.2) is 36.7 Å². The molecule has 2 saturated heterocycles. The molecule has 0 aliphatic carbocycles. The smallest absolute Gasteiger partial charge is 0.410 e. The van der Waals surface area contributed by atoms with Gasteiger partial charge in [0, 0.05) is 45.3 Å². The highest BCUT2D eigenvalue weighted by Crippen LogP contribution is 2.34. The van der Waals surface area contributed by atoms with Gasteiger partial charge in [-0.05, 0) is 51.5 Å². The summed E-state index contributed by atoms with van der Waals surface area (Å²) in [5.41, 5.74) is 1.65. The molecule has 0 unspecified atom stereocenters. The van der Waals surface area contributed by atoms with Crippen molar-refractivity contribution in [3.05, 3.63) is 41.7 Å². The van der Waals surface area contributed by atoms with Crippen molar-refractivity contribution in [2.24, 2.45) is 0 Å². The molecule has 1 aromatic carbocycles. The van der Waals surface area contributed by atoms with Crippen molar-refractivity contribution in [3.63, 3.8) is 0 Å². The van der Waals surface area contributed by atoms with Gasteiger partial charge in [0.05, 0.1) is 29.4 Å². The second kappa shape index (κ2) is 10.8. The molecule has 0 bridgehead atoms. The van der Waals surface area contributed by atoms with Crippen molar-refractivity contribution in [3.8, 4) is 11.6 Å². The average Bonchev–Trinajstić information content (AvgIpc) is 3.39. The first-order chi connectivity index (χ1) is 18.2. The minimum Gasteiger partial charge on any atom is -0.444 e. The maximum absolute atomic E-state index is 12.5. The number of fused-ring (bicyclic) bond motifs is 1. The third-order valence-corrected chi connectivity index (χ3v) is 6.95. The number of pyridine rings is 1. The van der Waals surface area contributed by atoms with E-state index in [1.807, 2.05) is 52.1 Å². The fourth-order valence-electron chi connectivity index (χ4n) is 4.64. The van der Waals surface area contributed by atoms with Crippen molar-refractivity contribution in [1.29, 1.82) is 0 Å². The molecule has 202 valence electrons. The van der Waals surface area contributed by atoms with Crippen LogP contribution in [0.3, 0.4) is 0 Å². The predicted molar refractivity (Wildman–Crippen MR) is 147 cm³/mol. The number of ether oxygens (including phenoxy) is 3. The van der Waals surface area contributed by atoms with Crippen LogP contribution in [-0.2, 0) is 9.47 Å². The van der Waals surface area contributed by atoms with Crippen molar-refractivity contribution >= 4 is 40.2 Å². The molecule has 2 aliphatic heterocycles. The lowest BCUT2D eigenvalue weighted by Gasteiger charge is -2.29. The molecule has 10 nitrogen and oxygen atoms in total. The van der Waals surface area contributed by atoms with Crippen LogP contribution in [0.4, 0.5) is 16.3 Å². The van der Waals surface area contributed by atoms with E-state index in [0.717, 1.165) is 31.0 Å². The molecule has 1 atom stereocenters. The van der Waals surface area contributed by atoms with Crippen LogP contribution in [0.25, 0.3) is 11.0 Å². The normalized spacial score (nSPS) is 18.1. The van der Waals surface area contributed by atoms with Gasteiger partial charge >= 0.3 is 6.09 Å². The lowest BCUT2D eigenvalue weighted by Crippen LogP contribution is -2.39. The molecule has 4 heterocycles. The zero-order chi connectivity index (χ0) is 26.9. The fraction of sp³-hybridized carbons (Fsp3) is 0.481. The lowest BCUT2D eigenvalue weighted by molar-refractivity contribution is 0.0292. The summed E-state index contributed by atoms with van der Waals surface area (Å²) in [7, 11) is 1.98. The number of likely N-dealkylation sites (tertiary alicyclic amines) is 1. The number of benzene rings is 1. The highest BCUT2D eigenvalue weighted by Gasteiger charge is 2.32. The van der Waals surface area contributed by atoms with E-state index in [1.54, 1.807) is 11.0 Å². The first-order valence-electron chi connectivity index (χ1n) is 12.8. The maximum Gasteiger partial charge on any atom is 0.410 e. The SMILES string of the molecule is CN(c1ccc2ncnc(Oc3ccc(N4CCOCC4)c(Cl)c3)c2n1)[C@H]1CCN(C(=O)OC(C)(C)C)C1. The Kier molecular flexibility index (Phi) is 7.45. The van der Waals surface area contributed by atoms with E-state index >= 15 is 0 Å². The number of halogens is 1. The van der Waals surface area contributed by atoms with E-state index in [4.69, 9.17) is 30.8 Å². The molecule has 2 aliphatic rings. The monoisotopic (exact) mass is 540 g/mol. The molecule has 11 heteroatoms. The van der Waals surface area contributed by atoms with Gasteiger partial charge in [-0.3, -0.25) is 0 Å². The number of morpholine rings is 1. The van der Waals surface area contributed by atoms with E-state index < -0.39 is 5.60 Å². The first kappa shape index (κ1) is 26.2. The molecular formula is C27H33ClN6O4. The molecule has 0 radical (unpaired) electrons. The third kappa shape index (κ3) is 5.86. The van der Waals surface area contributed by atoms with Gasteiger partial charge in [0.2, 0.25) is 5.88 Å². The van der Waals surface area contributed by atoms with Gasteiger partial charge in [-0.2, -0.15) is 4.98 Å². The van der Waals surface area contributed by atoms with Gasteiger partial charge in [-0.25, -0.2) is 14.8 Å². The molecule has 0 saturated carbocycles. The van der Waals surface area contributed by atoms with Gasteiger partial charge < -0.3 is 28.9 Å². The number of nitrogens with zero attached hydrogens (tertiary/aromatic N) is 6. The molecule has 2 fully saturated rings. The molecule has 38 heavy (non-hydrogen) atoms. The minimum atomic E-state index is -0.523. The zero-order valence-corrected chi connectivity index (χ0v) is 22.9. The first-order valence-corrected chi connectivity index (χ1v) is 13.2. The Bertz CT molecular complexity index is 1310. The Morgan fingerprint density at radius 3 is 2.66 bits per heavy atom. The maximum atomic E-state index is 12.5. The summed E-state index contributed by atoms with van der Waals surface area (Å²) in [6.45, 7) is 9.78. The van der Waals surface area contributed by atoms with E-state index in [1.165, 1.54) is 6.33 Å². The van der Waals surface area contributed by atoms with Crippen molar-refractivity contribution < 1.29 is 19.0 Å².